The number of oxime groups is 1. The molecule has 1 aromatic carbocycles. The molecule has 2 aliphatic rings. The molecule has 0 aliphatic carbocycles. The molecule has 0 unspecified atom stereocenters. The van der Waals surface area contributed by atoms with Gasteiger partial charge >= 0.3 is 0 Å². The van der Waals surface area contributed by atoms with Crippen molar-refractivity contribution in [3.8, 4) is 11.5 Å². The number of benzene rings is 1. The number of likely N-dealkylation sites (tertiary alicyclic amines) is 1. The van der Waals surface area contributed by atoms with E-state index in [-0.39, 0.29) is 12.0 Å². The molecule has 23 heavy (non-hydrogen) atoms. The van der Waals surface area contributed by atoms with Crippen LogP contribution in [0.3, 0.4) is 0 Å². The van der Waals surface area contributed by atoms with E-state index in [0.717, 1.165) is 12.8 Å². The molecule has 0 saturated carbocycles. The Hall–Kier alpha value is -1.95. The molecule has 6 nitrogen and oxygen atoms in total. The third-order valence-electron chi connectivity index (χ3n) is 4.24. The van der Waals surface area contributed by atoms with Gasteiger partial charge in [0.25, 0.3) is 0 Å². The molecule has 0 spiro atoms. The van der Waals surface area contributed by atoms with Gasteiger partial charge in [-0.1, -0.05) is 16.8 Å². The SMILES string of the molecule is CC(=O)N1CCC(Oc2cc3c(cc2Cl)/C(=N\O)CCO3)CC1. The Morgan fingerprint density at radius 1 is 1.43 bits per heavy atom. The number of amides is 1. The number of rotatable bonds is 2. The van der Waals surface area contributed by atoms with Crippen LogP contribution in [0.4, 0.5) is 0 Å². The van der Waals surface area contributed by atoms with Gasteiger partial charge in [-0.25, -0.2) is 0 Å². The fourth-order valence-electron chi connectivity index (χ4n) is 2.93. The second-order valence-electron chi connectivity index (χ2n) is 5.75. The molecular formula is C16H19ClN2O4. The minimum Gasteiger partial charge on any atom is -0.492 e. The van der Waals surface area contributed by atoms with E-state index in [0.29, 0.717) is 53.9 Å². The van der Waals surface area contributed by atoms with Gasteiger partial charge in [-0.15, -0.1) is 0 Å². The molecule has 1 amide bonds. The summed E-state index contributed by atoms with van der Waals surface area (Å²) >= 11 is 6.30. The molecule has 1 N–H and O–H groups in total. The number of carbonyl (C=O) groups excluding carboxylic acids is 1. The molecule has 1 aromatic rings. The Kier molecular flexibility index (Phi) is 4.61. The summed E-state index contributed by atoms with van der Waals surface area (Å²) in [5.41, 5.74) is 1.26. The molecular weight excluding hydrogens is 320 g/mol. The number of hydrogen-bond acceptors (Lipinski definition) is 5. The average Bonchev–Trinajstić information content (AvgIpc) is 2.55. The van der Waals surface area contributed by atoms with Gasteiger partial charge in [0, 0.05) is 50.9 Å². The summed E-state index contributed by atoms with van der Waals surface area (Å²) in [6, 6.07) is 3.46. The zero-order valence-corrected chi connectivity index (χ0v) is 13.7. The van der Waals surface area contributed by atoms with Gasteiger partial charge < -0.3 is 19.6 Å². The van der Waals surface area contributed by atoms with Crippen molar-refractivity contribution in [1.82, 2.24) is 4.90 Å². The third-order valence-corrected chi connectivity index (χ3v) is 4.54. The average molecular weight is 339 g/mol. The van der Waals surface area contributed by atoms with Crippen LogP contribution in [0.1, 0.15) is 31.7 Å². The number of ether oxygens (including phenoxy) is 2. The Balaban J connectivity index is 1.73. The molecule has 1 saturated heterocycles. The summed E-state index contributed by atoms with van der Waals surface area (Å²) in [5, 5.41) is 12.8. The molecule has 0 atom stereocenters. The standard InChI is InChI=1S/C16H19ClN2O4/c1-10(20)19-5-2-11(3-6-19)23-16-9-15-12(8-13(16)17)14(18-21)4-7-22-15/h8-9,11,21H,2-7H2,1H3/b18-14-. The Labute approximate surface area is 139 Å². The smallest absolute Gasteiger partial charge is 0.219 e. The van der Waals surface area contributed by atoms with E-state index < -0.39 is 0 Å². The maximum Gasteiger partial charge on any atom is 0.219 e. The zero-order valence-electron chi connectivity index (χ0n) is 12.9. The summed E-state index contributed by atoms with van der Waals surface area (Å²) in [4.78, 5) is 13.2. The number of carbonyl (C=O) groups is 1. The molecule has 0 radical (unpaired) electrons. The van der Waals surface area contributed by atoms with Crippen molar-refractivity contribution >= 4 is 23.2 Å². The van der Waals surface area contributed by atoms with Crippen molar-refractivity contribution in [1.29, 1.82) is 0 Å². The number of fused-ring (bicyclic) bond motifs is 1. The summed E-state index contributed by atoms with van der Waals surface area (Å²) < 4.78 is 11.6. The van der Waals surface area contributed by atoms with Crippen molar-refractivity contribution in [2.24, 2.45) is 5.16 Å². The second kappa shape index (κ2) is 6.66. The molecule has 1 fully saturated rings. The van der Waals surface area contributed by atoms with Crippen LogP contribution in [0, 0.1) is 0 Å². The maximum atomic E-state index is 11.4. The van der Waals surface area contributed by atoms with Crippen LogP contribution in [-0.4, -0.2) is 47.5 Å². The van der Waals surface area contributed by atoms with Gasteiger partial charge in [-0.2, -0.15) is 0 Å². The van der Waals surface area contributed by atoms with Crippen molar-refractivity contribution < 1.29 is 19.5 Å². The lowest BCUT2D eigenvalue weighted by atomic mass is 10.0. The maximum absolute atomic E-state index is 11.4. The van der Waals surface area contributed by atoms with Gasteiger partial charge in [0.2, 0.25) is 5.91 Å². The third kappa shape index (κ3) is 3.37. The topological polar surface area (TPSA) is 71.4 Å². The molecule has 2 heterocycles. The first-order valence-electron chi connectivity index (χ1n) is 7.68. The lowest BCUT2D eigenvalue weighted by Gasteiger charge is -2.32. The summed E-state index contributed by atoms with van der Waals surface area (Å²) in [5.74, 6) is 1.27. The fourth-order valence-corrected chi connectivity index (χ4v) is 3.14. The van der Waals surface area contributed by atoms with Gasteiger partial charge in [-0.3, -0.25) is 4.79 Å². The van der Waals surface area contributed by atoms with E-state index in [1.807, 2.05) is 4.90 Å². The quantitative estimate of drug-likeness (QED) is 0.664. The largest absolute Gasteiger partial charge is 0.492 e. The van der Waals surface area contributed by atoms with Crippen molar-refractivity contribution in [2.45, 2.75) is 32.3 Å². The highest BCUT2D eigenvalue weighted by atomic mass is 35.5. The van der Waals surface area contributed by atoms with E-state index in [1.54, 1.807) is 19.1 Å². The van der Waals surface area contributed by atoms with Crippen LogP contribution in [0.2, 0.25) is 5.02 Å². The van der Waals surface area contributed by atoms with Gasteiger partial charge in [-0.05, 0) is 6.07 Å². The van der Waals surface area contributed by atoms with Crippen LogP contribution in [0.5, 0.6) is 11.5 Å². The van der Waals surface area contributed by atoms with Crippen molar-refractivity contribution in [2.75, 3.05) is 19.7 Å². The minimum atomic E-state index is 0.0238. The van der Waals surface area contributed by atoms with E-state index >= 15 is 0 Å². The highest BCUT2D eigenvalue weighted by molar-refractivity contribution is 6.32. The van der Waals surface area contributed by atoms with Gasteiger partial charge in [0.15, 0.2) is 0 Å². The summed E-state index contributed by atoms with van der Waals surface area (Å²) in [7, 11) is 0. The monoisotopic (exact) mass is 338 g/mol. The molecule has 7 heteroatoms. The Morgan fingerprint density at radius 2 is 2.17 bits per heavy atom. The lowest BCUT2D eigenvalue weighted by molar-refractivity contribution is -0.130. The van der Waals surface area contributed by atoms with Crippen molar-refractivity contribution in [3.63, 3.8) is 0 Å². The molecule has 2 aliphatic heterocycles. The Morgan fingerprint density at radius 3 is 2.83 bits per heavy atom. The minimum absolute atomic E-state index is 0.0238. The first kappa shape index (κ1) is 15.9. The molecule has 0 bridgehead atoms. The lowest BCUT2D eigenvalue weighted by Crippen LogP contribution is -2.40. The van der Waals surface area contributed by atoms with Crippen LogP contribution in [0.25, 0.3) is 0 Å². The van der Waals surface area contributed by atoms with E-state index in [9.17, 15) is 4.79 Å². The van der Waals surface area contributed by atoms with Crippen molar-refractivity contribution in [3.05, 3.63) is 22.7 Å². The highest BCUT2D eigenvalue weighted by Crippen LogP contribution is 2.36. The molecule has 0 aromatic heterocycles. The number of nitrogens with zero attached hydrogens (tertiary/aromatic N) is 2. The van der Waals surface area contributed by atoms with Gasteiger partial charge in [0.05, 0.1) is 17.3 Å². The Bertz CT molecular complexity index is 639. The zero-order chi connectivity index (χ0) is 16.4. The van der Waals surface area contributed by atoms with Crippen LogP contribution in [-0.2, 0) is 4.79 Å². The predicted octanol–water partition coefficient (Wildman–Crippen LogP) is 2.69. The van der Waals surface area contributed by atoms with Gasteiger partial charge in [0.1, 0.15) is 17.6 Å². The first-order chi connectivity index (χ1) is 11.1. The first-order valence-corrected chi connectivity index (χ1v) is 8.06. The summed E-state index contributed by atoms with van der Waals surface area (Å²) in [6.45, 7) is 3.43. The van der Waals surface area contributed by atoms with Crippen LogP contribution >= 0.6 is 11.6 Å². The van der Waals surface area contributed by atoms with E-state index in [4.69, 9.17) is 26.3 Å². The summed E-state index contributed by atoms with van der Waals surface area (Å²) in [6.07, 6.45) is 2.12. The van der Waals surface area contributed by atoms with E-state index in [1.165, 1.54) is 0 Å². The number of halogens is 1. The normalized spacial score (nSPS) is 20.1. The van der Waals surface area contributed by atoms with E-state index in [2.05, 4.69) is 5.16 Å². The van der Waals surface area contributed by atoms with Crippen LogP contribution in [0.15, 0.2) is 17.3 Å². The van der Waals surface area contributed by atoms with Crippen LogP contribution < -0.4 is 9.47 Å². The molecule has 3 rings (SSSR count). The highest BCUT2D eigenvalue weighted by Gasteiger charge is 2.25. The second-order valence-corrected chi connectivity index (χ2v) is 6.15. The number of hydrogen-bond donors (Lipinski definition) is 1. The number of piperidine rings is 1. The predicted molar refractivity (Wildman–Crippen MR) is 85.8 cm³/mol. The fraction of sp³-hybridized carbons (Fsp3) is 0.500. The molecule has 124 valence electrons.